The molecule has 0 fully saturated rings. The summed E-state index contributed by atoms with van der Waals surface area (Å²) in [6.45, 7) is 1.53. The van der Waals surface area contributed by atoms with Crippen molar-refractivity contribution in [3.8, 4) is 0 Å². The van der Waals surface area contributed by atoms with Gasteiger partial charge in [-0.05, 0) is 34.5 Å². The van der Waals surface area contributed by atoms with Crippen molar-refractivity contribution in [3.05, 3.63) is 32.7 Å². The minimum absolute atomic E-state index is 0.308. The highest BCUT2D eigenvalue weighted by Crippen LogP contribution is 2.15. The van der Waals surface area contributed by atoms with Crippen LogP contribution in [0.5, 0.6) is 0 Å². The summed E-state index contributed by atoms with van der Waals surface area (Å²) in [7, 11) is 0. The first-order chi connectivity index (χ1) is 6.00. The van der Waals surface area contributed by atoms with Crippen LogP contribution in [0, 0.1) is 0 Å². The fourth-order valence-corrected chi connectivity index (χ4v) is 1.38. The molecule has 1 aromatic heterocycles. The molecule has 1 aromatic rings. The van der Waals surface area contributed by atoms with Crippen molar-refractivity contribution < 1.29 is 9.90 Å². The van der Waals surface area contributed by atoms with Crippen molar-refractivity contribution in [2.75, 3.05) is 0 Å². The smallest absolute Gasteiger partial charge is 0.310 e. The number of aliphatic carboxylic acids is 1. The van der Waals surface area contributed by atoms with Crippen molar-refractivity contribution in [1.29, 1.82) is 0 Å². The molecule has 4 nitrogen and oxygen atoms in total. The van der Waals surface area contributed by atoms with E-state index >= 15 is 0 Å². The van der Waals surface area contributed by atoms with E-state index in [0.29, 0.717) is 10.2 Å². The molecule has 0 amide bonds. The molecule has 13 heavy (non-hydrogen) atoms. The van der Waals surface area contributed by atoms with Crippen LogP contribution in [0.4, 0.5) is 0 Å². The summed E-state index contributed by atoms with van der Waals surface area (Å²) in [5, 5.41) is 8.69. The van der Waals surface area contributed by atoms with Gasteiger partial charge >= 0.3 is 5.97 Å². The van der Waals surface area contributed by atoms with E-state index in [0.717, 1.165) is 0 Å². The normalized spacial score (nSPS) is 12.5. The first-order valence-corrected chi connectivity index (χ1v) is 4.42. The Kier molecular flexibility index (Phi) is 2.87. The van der Waals surface area contributed by atoms with Crippen molar-refractivity contribution in [3.63, 3.8) is 0 Å². The molecule has 0 saturated carbocycles. The van der Waals surface area contributed by atoms with E-state index in [2.05, 4.69) is 20.9 Å². The second-order valence-electron chi connectivity index (χ2n) is 2.69. The van der Waals surface area contributed by atoms with Gasteiger partial charge in [0.1, 0.15) is 0 Å². The largest absolute Gasteiger partial charge is 0.481 e. The molecular weight excluding hydrogens is 238 g/mol. The predicted octanol–water partition coefficient (Wildman–Crippen LogP) is 1.33. The van der Waals surface area contributed by atoms with E-state index in [9.17, 15) is 9.59 Å². The van der Waals surface area contributed by atoms with Gasteiger partial charge in [-0.1, -0.05) is 0 Å². The fraction of sp³-hybridized carbons (Fsp3) is 0.250. The SMILES string of the molecule is CC(C(=O)O)c1cc(Br)[nH]c(=O)c1. The van der Waals surface area contributed by atoms with E-state index in [1.807, 2.05) is 0 Å². The molecule has 1 rings (SSSR count). The predicted molar refractivity (Wildman–Crippen MR) is 50.8 cm³/mol. The molecule has 1 atom stereocenters. The third-order valence-corrected chi connectivity index (χ3v) is 2.13. The zero-order valence-corrected chi connectivity index (χ0v) is 8.46. The number of aromatic amines is 1. The molecule has 0 bridgehead atoms. The first kappa shape index (κ1) is 9.98. The molecule has 0 aliphatic heterocycles. The number of rotatable bonds is 2. The van der Waals surface area contributed by atoms with E-state index in [4.69, 9.17) is 5.11 Å². The van der Waals surface area contributed by atoms with Crippen molar-refractivity contribution >= 4 is 21.9 Å². The number of halogens is 1. The lowest BCUT2D eigenvalue weighted by atomic mass is 10.0. The Morgan fingerprint density at radius 3 is 2.69 bits per heavy atom. The Morgan fingerprint density at radius 1 is 1.62 bits per heavy atom. The zero-order chi connectivity index (χ0) is 10.0. The maximum Gasteiger partial charge on any atom is 0.310 e. The summed E-state index contributed by atoms with van der Waals surface area (Å²) in [5.41, 5.74) is 0.181. The van der Waals surface area contributed by atoms with Gasteiger partial charge in [-0.15, -0.1) is 0 Å². The minimum Gasteiger partial charge on any atom is -0.481 e. The fourth-order valence-electron chi connectivity index (χ4n) is 0.922. The van der Waals surface area contributed by atoms with Gasteiger partial charge in [0, 0.05) is 6.07 Å². The van der Waals surface area contributed by atoms with Crippen LogP contribution in [0.3, 0.4) is 0 Å². The summed E-state index contributed by atoms with van der Waals surface area (Å²) >= 11 is 3.08. The van der Waals surface area contributed by atoms with Gasteiger partial charge < -0.3 is 10.1 Å². The summed E-state index contributed by atoms with van der Waals surface area (Å²) in [5.74, 6) is -1.61. The van der Waals surface area contributed by atoms with Crippen molar-refractivity contribution in [2.24, 2.45) is 0 Å². The van der Waals surface area contributed by atoms with Gasteiger partial charge in [-0.3, -0.25) is 9.59 Å². The van der Waals surface area contributed by atoms with Crippen LogP contribution in [0.2, 0.25) is 0 Å². The molecular formula is C8H8BrNO3. The Hall–Kier alpha value is -1.10. The number of pyridine rings is 1. The Bertz CT molecular complexity index is 385. The molecule has 2 N–H and O–H groups in total. The zero-order valence-electron chi connectivity index (χ0n) is 6.87. The van der Waals surface area contributed by atoms with E-state index < -0.39 is 11.9 Å². The lowest BCUT2D eigenvalue weighted by Crippen LogP contribution is -2.12. The quantitative estimate of drug-likeness (QED) is 0.773. The number of nitrogens with one attached hydrogen (secondary N) is 1. The molecule has 0 radical (unpaired) electrons. The average Bonchev–Trinajstić information content (AvgIpc) is 2.01. The number of aromatic nitrogens is 1. The number of carboxylic acids is 1. The highest BCUT2D eigenvalue weighted by Gasteiger charge is 2.14. The number of hydrogen-bond donors (Lipinski definition) is 2. The minimum atomic E-state index is -0.947. The van der Waals surface area contributed by atoms with E-state index in [1.54, 1.807) is 6.07 Å². The molecule has 70 valence electrons. The monoisotopic (exact) mass is 245 g/mol. The van der Waals surface area contributed by atoms with Gasteiger partial charge in [0.2, 0.25) is 5.56 Å². The molecule has 0 aromatic carbocycles. The van der Waals surface area contributed by atoms with Crippen LogP contribution in [0.15, 0.2) is 21.5 Å². The molecule has 1 unspecified atom stereocenters. The van der Waals surface area contributed by atoms with E-state index in [-0.39, 0.29) is 5.56 Å². The van der Waals surface area contributed by atoms with Crippen molar-refractivity contribution in [1.82, 2.24) is 4.98 Å². The second kappa shape index (κ2) is 3.74. The summed E-state index contributed by atoms with van der Waals surface area (Å²) < 4.78 is 0.489. The number of carbonyl (C=O) groups is 1. The lowest BCUT2D eigenvalue weighted by Gasteiger charge is -2.05. The molecule has 1 heterocycles. The van der Waals surface area contributed by atoms with Gasteiger partial charge in [-0.25, -0.2) is 0 Å². The maximum absolute atomic E-state index is 11.0. The van der Waals surface area contributed by atoms with E-state index in [1.165, 1.54) is 13.0 Å². The molecule has 0 spiro atoms. The highest BCUT2D eigenvalue weighted by atomic mass is 79.9. The van der Waals surface area contributed by atoms with Crippen LogP contribution < -0.4 is 5.56 Å². The van der Waals surface area contributed by atoms with Gasteiger partial charge in [-0.2, -0.15) is 0 Å². The Labute approximate surface area is 82.7 Å². The third-order valence-electron chi connectivity index (χ3n) is 1.70. The van der Waals surface area contributed by atoms with Crippen LogP contribution in [-0.2, 0) is 4.79 Å². The highest BCUT2D eigenvalue weighted by molar-refractivity contribution is 9.10. The molecule has 0 aliphatic carbocycles. The topological polar surface area (TPSA) is 70.2 Å². The van der Waals surface area contributed by atoms with Gasteiger partial charge in [0.05, 0.1) is 10.5 Å². The molecule has 0 aliphatic rings. The number of carboxylic acid groups (broad SMARTS) is 1. The Morgan fingerprint density at radius 2 is 2.23 bits per heavy atom. The lowest BCUT2D eigenvalue weighted by molar-refractivity contribution is -0.138. The maximum atomic E-state index is 11.0. The van der Waals surface area contributed by atoms with Crippen LogP contribution in [-0.4, -0.2) is 16.1 Å². The average molecular weight is 246 g/mol. The third kappa shape index (κ3) is 2.42. The second-order valence-corrected chi connectivity index (χ2v) is 3.54. The van der Waals surface area contributed by atoms with Crippen LogP contribution >= 0.6 is 15.9 Å². The summed E-state index contributed by atoms with van der Waals surface area (Å²) in [6, 6.07) is 2.86. The number of H-pyrrole nitrogens is 1. The Balaban J connectivity index is 3.15. The van der Waals surface area contributed by atoms with Gasteiger partial charge in [0.15, 0.2) is 0 Å². The summed E-state index contributed by atoms with van der Waals surface area (Å²) in [6.07, 6.45) is 0. The molecule has 0 saturated heterocycles. The molecule has 5 heteroatoms. The summed E-state index contributed by atoms with van der Waals surface area (Å²) in [4.78, 5) is 24.0. The van der Waals surface area contributed by atoms with Crippen LogP contribution in [0.1, 0.15) is 18.4 Å². The first-order valence-electron chi connectivity index (χ1n) is 3.63. The standard InChI is InChI=1S/C8H8BrNO3/c1-4(8(12)13)5-2-6(9)10-7(11)3-5/h2-4H,1H3,(H,10,11)(H,12,13). The number of hydrogen-bond acceptors (Lipinski definition) is 2. The van der Waals surface area contributed by atoms with Gasteiger partial charge in [0.25, 0.3) is 0 Å². The van der Waals surface area contributed by atoms with Crippen LogP contribution in [0.25, 0.3) is 0 Å². The van der Waals surface area contributed by atoms with Crippen molar-refractivity contribution in [2.45, 2.75) is 12.8 Å².